The van der Waals surface area contributed by atoms with Gasteiger partial charge < -0.3 is 5.73 Å². The Morgan fingerprint density at radius 2 is 1.88 bits per heavy atom. The lowest BCUT2D eigenvalue weighted by molar-refractivity contribution is 0.219. The number of hydrogen-bond donors (Lipinski definition) is 2. The SMILES string of the molecule is CCC(CN)S(=O)(=O)NCC1(C)CCCCC1. The number of nitrogens with one attached hydrogen (secondary N) is 1. The molecule has 0 radical (unpaired) electrons. The third-order valence-electron chi connectivity index (χ3n) is 3.92. The van der Waals surface area contributed by atoms with Crippen molar-refractivity contribution in [1.82, 2.24) is 4.72 Å². The molecular weight excluding hydrogens is 236 g/mol. The minimum absolute atomic E-state index is 0.137. The van der Waals surface area contributed by atoms with Crippen molar-refractivity contribution >= 4 is 10.0 Å². The number of hydrogen-bond acceptors (Lipinski definition) is 3. The first-order chi connectivity index (χ1) is 7.93. The molecule has 5 heteroatoms. The predicted molar refractivity (Wildman–Crippen MR) is 71.2 cm³/mol. The van der Waals surface area contributed by atoms with Crippen LogP contribution in [-0.2, 0) is 10.0 Å². The number of rotatable bonds is 6. The lowest BCUT2D eigenvalue weighted by atomic mass is 9.76. The summed E-state index contributed by atoms with van der Waals surface area (Å²) >= 11 is 0. The number of nitrogens with two attached hydrogens (primary N) is 1. The van der Waals surface area contributed by atoms with Gasteiger partial charge >= 0.3 is 0 Å². The molecule has 0 aromatic rings. The average molecular weight is 262 g/mol. The molecule has 0 aromatic carbocycles. The van der Waals surface area contributed by atoms with Crippen LogP contribution in [0.1, 0.15) is 52.4 Å². The summed E-state index contributed by atoms with van der Waals surface area (Å²) in [5.41, 5.74) is 5.63. The summed E-state index contributed by atoms with van der Waals surface area (Å²) in [5.74, 6) is 0. The molecule has 1 atom stereocenters. The minimum Gasteiger partial charge on any atom is -0.329 e. The van der Waals surface area contributed by atoms with Crippen LogP contribution < -0.4 is 10.5 Å². The fourth-order valence-electron chi connectivity index (χ4n) is 2.49. The van der Waals surface area contributed by atoms with E-state index < -0.39 is 15.3 Å². The van der Waals surface area contributed by atoms with Crippen molar-refractivity contribution in [3.8, 4) is 0 Å². The lowest BCUT2D eigenvalue weighted by Crippen LogP contribution is -2.43. The quantitative estimate of drug-likeness (QED) is 0.764. The van der Waals surface area contributed by atoms with Gasteiger partial charge in [0, 0.05) is 13.1 Å². The van der Waals surface area contributed by atoms with Crippen molar-refractivity contribution in [3.05, 3.63) is 0 Å². The molecule has 1 aliphatic carbocycles. The second-order valence-corrected chi connectivity index (χ2v) is 7.55. The maximum Gasteiger partial charge on any atom is 0.215 e. The fraction of sp³-hybridized carbons (Fsp3) is 1.00. The highest BCUT2D eigenvalue weighted by Gasteiger charge is 2.30. The van der Waals surface area contributed by atoms with Gasteiger partial charge in [-0.05, 0) is 24.7 Å². The molecule has 102 valence electrons. The average Bonchev–Trinajstić information content (AvgIpc) is 2.29. The van der Waals surface area contributed by atoms with Gasteiger partial charge in [-0.3, -0.25) is 0 Å². The minimum atomic E-state index is -3.24. The zero-order chi connectivity index (χ0) is 12.9. The van der Waals surface area contributed by atoms with Crippen molar-refractivity contribution in [2.45, 2.75) is 57.6 Å². The molecular formula is C12H26N2O2S. The molecule has 1 unspecified atom stereocenters. The Labute approximate surface area is 105 Å². The van der Waals surface area contributed by atoms with Crippen LogP contribution in [0.3, 0.4) is 0 Å². The molecule has 0 saturated heterocycles. The first-order valence-corrected chi connectivity index (χ1v) is 8.17. The smallest absolute Gasteiger partial charge is 0.215 e. The second kappa shape index (κ2) is 6.16. The van der Waals surface area contributed by atoms with Crippen LogP contribution >= 0.6 is 0 Å². The molecule has 0 aliphatic heterocycles. The molecule has 1 rings (SSSR count). The number of sulfonamides is 1. The Kier molecular flexibility index (Phi) is 5.41. The molecule has 1 fully saturated rings. The van der Waals surface area contributed by atoms with Gasteiger partial charge in [-0.2, -0.15) is 0 Å². The van der Waals surface area contributed by atoms with Crippen molar-refractivity contribution in [1.29, 1.82) is 0 Å². The van der Waals surface area contributed by atoms with E-state index in [1.54, 1.807) is 0 Å². The summed E-state index contributed by atoms with van der Waals surface area (Å²) in [6, 6.07) is 0. The van der Waals surface area contributed by atoms with Crippen LogP contribution in [0, 0.1) is 5.41 Å². The Bertz CT molecular complexity index is 317. The van der Waals surface area contributed by atoms with Gasteiger partial charge in [0.2, 0.25) is 10.0 Å². The van der Waals surface area contributed by atoms with Crippen LogP contribution in [0.2, 0.25) is 0 Å². The van der Waals surface area contributed by atoms with Crippen LogP contribution in [-0.4, -0.2) is 26.8 Å². The van der Waals surface area contributed by atoms with E-state index in [-0.39, 0.29) is 12.0 Å². The van der Waals surface area contributed by atoms with Gasteiger partial charge in [0.15, 0.2) is 0 Å². The van der Waals surface area contributed by atoms with E-state index in [2.05, 4.69) is 11.6 Å². The third kappa shape index (κ3) is 4.23. The molecule has 0 aromatic heterocycles. The van der Waals surface area contributed by atoms with Crippen molar-refractivity contribution in [2.75, 3.05) is 13.1 Å². The molecule has 0 heterocycles. The molecule has 17 heavy (non-hydrogen) atoms. The summed E-state index contributed by atoms with van der Waals surface area (Å²) < 4.78 is 26.7. The normalized spacial score (nSPS) is 22.3. The summed E-state index contributed by atoms with van der Waals surface area (Å²) in [4.78, 5) is 0. The molecule has 1 saturated carbocycles. The lowest BCUT2D eigenvalue weighted by Gasteiger charge is -2.34. The molecule has 1 aliphatic rings. The van der Waals surface area contributed by atoms with Gasteiger partial charge in [0.1, 0.15) is 0 Å². The van der Waals surface area contributed by atoms with Gasteiger partial charge in [-0.25, -0.2) is 13.1 Å². The van der Waals surface area contributed by atoms with E-state index in [9.17, 15) is 8.42 Å². The summed E-state index contributed by atoms with van der Waals surface area (Å²) in [7, 11) is -3.24. The standard InChI is InChI=1S/C12H26N2O2S/c1-3-11(9-13)17(15,16)14-10-12(2)7-5-4-6-8-12/h11,14H,3-10,13H2,1-2H3. The van der Waals surface area contributed by atoms with Crippen LogP contribution in [0.4, 0.5) is 0 Å². The van der Waals surface area contributed by atoms with Crippen LogP contribution in [0.5, 0.6) is 0 Å². The molecule has 3 N–H and O–H groups in total. The second-order valence-electron chi connectivity index (χ2n) is 5.50. The maximum absolute atomic E-state index is 12.0. The Morgan fingerprint density at radius 3 is 2.35 bits per heavy atom. The first kappa shape index (κ1) is 14.9. The zero-order valence-electron chi connectivity index (χ0n) is 11.0. The van der Waals surface area contributed by atoms with E-state index in [1.807, 2.05) is 6.92 Å². The van der Waals surface area contributed by atoms with E-state index in [4.69, 9.17) is 5.73 Å². The predicted octanol–water partition coefficient (Wildman–Crippen LogP) is 1.61. The van der Waals surface area contributed by atoms with Crippen molar-refractivity contribution in [3.63, 3.8) is 0 Å². The molecule has 4 nitrogen and oxygen atoms in total. The van der Waals surface area contributed by atoms with Crippen molar-refractivity contribution in [2.24, 2.45) is 11.1 Å². The molecule has 0 amide bonds. The van der Waals surface area contributed by atoms with Crippen LogP contribution in [0.15, 0.2) is 0 Å². The largest absolute Gasteiger partial charge is 0.329 e. The Balaban J connectivity index is 2.54. The van der Waals surface area contributed by atoms with E-state index >= 15 is 0 Å². The zero-order valence-corrected chi connectivity index (χ0v) is 11.9. The van der Waals surface area contributed by atoms with Crippen molar-refractivity contribution < 1.29 is 8.42 Å². The van der Waals surface area contributed by atoms with Gasteiger partial charge in [-0.1, -0.05) is 33.1 Å². The monoisotopic (exact) mass is 262 g/mol. The molecule has 0 spiro atoms. The Hall–Kier alpha value is -0.130. The summed E-state index contributed by atoms with van der Waals surface area (Å²) in [6.45, 7) is 4.80. The Morgan fingerprint density at radius 1 is 1.29 bits per heavy atom. The fourth-order valence-corrected chi connectivity index (χ4v) is 3.97. The summed E-state index contributed by atoms with van der Waals surface area (Å²) in [6.07, 6.45) is 6.52. The van der Waals surface area contributed by atoms with E-state index in [0.29, 0.717) is 13.0 Å². The van der Waals surface area contributed by atoms with Gasteiger partial charge in [-0.15, -0.1) is 0 Å². The highest BCUT2D eigenvalue weighted by Crippen LogP contribution is 2.35. The third-order valence-corrected chi connectivity index (χ3v) is 5.87. The van der Waals surface area contributed by atoms with Gasteiger partial charge in [0.05, 0.1) is 5.25 Å². The highest BCUT2D eigenvalue weighted by atomic mass is 32.2. The molecule has 0 bridgehead atoms. The first-order valence-electron chi connectivity index (χ1n) is 6.62. The maximum atomic E-state index is 12.0. The van der Waals surface area contributed by atoms with Gasteiger partial charge in [0.25, 0.3) is 0 Å². The highest BCUT2D eigenvalue weighted by molar-refractivity contribution is 7.90. The topological polar surface area (TPSA) is 72.2 Å². The van der Waals surface area contributed by atoms with Crippen LogP contribution in [0.25, 0.3) is 0 Å². The van der Waals surface area contributed by atoms with E-state index in [1.165, 1.54) is 19.3 Å². The van der Waals surface area contributed by atoms with E-state index in [0.717, 1.165) is 12.8 Å². The summed E-state index contributed by atoms with van der Waals surface area (Å²) in [5, 5.41) is -0.449.